The highest BCUT2D eigenvalue weighted by Crippen LogP contribution is 2.32. The number of para-hydroxylation sites is 1. The maximum atomic E-state index is 13.8. The van der Waals surface area contributed by atoms with E-state index in [0.717, 1.165) is 38.0 Å². The van der Waals surface area contributed by atoms with Crippen LogP contribution in [-0.2, 0) is 14.3 Å². The Balaban J connectivity index is 1.65. The van der Waals surface area contributed by atoms with Crippen molar-refractivity contribution < 1.29 is 23.9 Å². The van der Waals surface area contributed by atoms with Gasteiger partial charge >= 0.3 is 12.0 Å². The summed E-state index contributed by atoms with van der Waals surface area (Å²) in [4.78, 5) is 55.5. The molecule has 1 saturated heterocycles. The van der Waals surface area contributed by atoms with E-state index in [0.29, 0.717) is 22.5 Å². The first kappa shape index (κ1) is 27.3. The van der Waals surface area contributed by atoms with Crippen LogP contribution in [0.5, 0.6) is 0 Å². The van der Waals surface area contributed by atoms with Crippen molar-refractivity contribution in [3.63, 3.8) is 0 Å². The number of aryl methyl sites for hydroxylation is 3. The summed E-state index contributed by atoms with van der Waals surface area (Å²) in [5.74, 6) is -1.86. The summed E-state index contributed by atoms with van der Waals surface area (Å²) in [5.41, 5.74) is 5.88. The number of carbonyl (C=O) groups excluding carboxylic acids is 4. The predicted molar refractivity (Wildman–Crippen MR) is 157 cm³/mol. The Labute approximate surface area is 238 Å². The Kier molecular flexibility index (Phi) is 7.15. The van der Waals surface area contributed by atoms with Gasteiger partial charge in [-0.3, -0.25) is 9.59 Å². The number of carbonyl (C=O) groups is 4. The van der Waals surface area contributed by atoms with Gasteiger partial charge in [0.05, 0.1) is 24.0 Å². The summed E-state index contributed by atoms with van der Waals surface area (Å²) in [5, 5.41) is 0. The molecule has 206 valence electrons. The normalized spacial score (nSPS) is 14.7. The lowest BCUT2D eigenvalue weighted by Crippen LogP contribution is -2.57. The average Bonchev–Trinajstić information content (AvgIpc) is 3.24. The fourth-order valence-electron chi connectivity index (χ4n) is 5.01. The van der Waals surface area contributed by atoms with E-state index in [1.165, 1.54) is 13.2 Å². The summed E-state index contributed by atoms with van der Waals surface area (Å²) in [7, 11) is 1.33. The molecule has 0 spiro atoms. The van der Waals surface area contributed by atoms with Crippen molar-refractivity contribution in [3.8, 4) is 5.69 Å². The minimum Gasteiger partial charge on any atom is -0.465 e. The molecule has 8 heteroatoms. The number of hydrogen-bond donors (Lipinski definition) is 0. The molecule has 2 heterocycles. The molecule has 0 aliphatic carbocycles. The molecular formula is C33H29N3O5. The fourth-order valence-corrected chi connectivity index (χ4v) is 5.01. The summed E-state index contributed by atoms with van der Waals surface area (Å²) in [6.45, 7) is 7.62. The number of nitrogens with zero attached hydrogens (tertiary/aromatic N) is 3. The molecule has 0 bridgehead atoms. The van der Waals surface area contributed by atoms with E-state index in [-0.39, 0.29) is 5.57 Å². The fraction of sp³-hybridized carbons (Fsp3) is 0.152. The van der Waals surface area contributed by atoms with Crippen molar-refractivity contribution in [1.29, 1.82) is 0 Å². The maximum Gasteiger partial charge on any atom is 0.343 e. The Bertz CT molecular complexity index is 1730. The lowest BCUT2D eigenvalue weighted by atomic mass is 10.0. The van der Waals surface area contributed by atoms with Crippen LogP contribution in [0.3, 0.4) is 0 Å². The van der Waals surface area contributed by atoms with Gasteiger partial charge in [0.1, 0.15) is 5.57 Å². The van der Waals surface area contributed by atoms with E-state index >= 15 is 0 Å². The SMILES string of the molecule is COC(=O)c1ccc(C)c(-n2c(C)cc(/C=C3\C(=O)N(c4ccccc4)C(=O)N(c4ccc(C)cc4)C3=O)c2C)c1. The third kappa shape index (κ3) is 4.84. The third-order valence-electron chi connectivity index (χ3n) is 7.20. The molecule has 0 saturated carbocycles. The van der Waals surface area contributed by atoms with Crippen molar-refractivity contribution in [2.24, 2.45) is 0 Å². The van der Waals surface area contributed by atoms with E-state index < -0.39 is 23.8 Å². The van der Waals surface area contributed by atoms with E-state index in [9.17, 15) is 19.2 Å². The molecule has 4 aromatic rings. The first-order valence-corrected chi connectivity index (χ1v) is 13.1. The predicted octanol–water partition coefficient (Wildman–Crippen LogP) is 6.08. The lowest BCUT2D eigenvalue weighted by molar-refractivity contribution is -0.121. The average molecular weight is 548 g/mol. The summed E-state index contributed by atoms with van der Waals surface area (Å²) < 4.78 is 6.86. The molecule has 5 rings (SSSR count). The summed E-state index contributed by atoms with van der Waals surface area (Å²) in [6, 6.07) is 22.0. The van der Waals surface area contributed by atoms with Gasteiger partial charge in [0.2, 0.25) is 0 Å². The molecule has 0 N–H and O–H groups in total. The zero-order chi connectivity index (χ0) is 29.4. The standard InChI is InChI=1S/C33H29N3O5/c1-20-11-15-27(16-12-20)36-31(38)28(30(37)35(33(36)40)26-9-7-6-8-10-26)18-25-17-22(3)34(23(25)4)29-19-24(32(39)41-5)14-13-21(29)2/h6-19H,1-5H3/b28-18+. The lowest BCUT2D eigenvalue weighted by Gasteiger charge is -2.34. The van der Waals surface area contributed by atoms with Gasteiger partial charge in [-0.1, -0.05) is 42.0 Å². The van der Waals surface area contributed by atoms with E-state index in [2.05, 4.69) is 0 Å². The number of methoxy groups -OCH3 is 1. The first-order chi connectivity index (χ1) is 19.6. The van der Waals surface area contributed by atoms with Gasteiger partial charge in [-0.05, 0) is 87.4 Å². The van der Waals surface area contributed by atoms with Gasteiger partial charge in [0, 0.05) is 17.1 Å². The minimum absolute atomic E-state index is 0.144. The number of hydrogen-bond acceptors (Lipinski definition) is 5. The molecule has 0 radical (unpaired) electrons. The minimum atomic E-state index is -0.743. The number of aromatic nitrogens is 1. The van der Waals surface area contributed by atoms with Gasteiger partial charge in [0.25, 0.3) is 11.8 Å². The number of imide groups is 2. The van der Waals surface area contributed by atoms with Crippen LogP contribution in [0, 0.1) is 27.7 Å². The second-order valence-electron chi connectivity index (χ2n) is 9.95. The highest BCUT2D eigenvalue weighted by Gasteiger charge is 2.43. The number of amides is 4. The van der Waals surface area contributed by atoms with Crippen LogP contribution < -0.4 is 9.80 Å². The highest BCUT2D eigenvalue weighted by molar-refractivity contribution is 6.46. The molecule has 1 aliphatic heterocycles. The molecule has 41 heavy (non-hydrogen) atoms. The molecule has 1 fully saturated rings. The van der Waals surface area contributed by atoms with Crippen LogP contribution >= 0.6 is 0 Å². The zero-order valence-corrected chi connectivity index (χ0v) is 23.5. The van der Waals surface area contributed by atoms with Crippen molar-refractivity contribution in [2.45, 2.75) is 27.7 Å². The first-order valence-electron chi connectivity index (χ1n) is 13.1. The molecule has 8 nitrogen and oxygen atoms in total. The largest absolute Gasteiger partial charge is 0.465 e. The van der Waals surface area contributed by atoms with Crippen LogP contribution in [0.1, 0.15) is 38.4 Å². The molecule has 1 aromatic heterocycles. The second kappa shape index (κ2) is 10.7. The van der Waals surface area contributed by atoms with Crippen LogP contribution in [0.15, 0.2) is 84.4 Å². The summed E-state index contributed by atoms with van der Waals surface area (Å²) in [6.07, 6.45) is 1.53. The molecular weight excluding hydrogens is 518 g/mol. The number of urea groups is 1. The van der Waals surface area contributed by atoms with Crippen molar-refractivity contribution in [1.82, 2.24) is 4.57 Å². The van der Waals surface area contributed by atoms with Crippen LogP contribution in [0.25, 0.3) is 11.8 Å². The topological polar surface area (TPSA) is 88.9 Å². The van der Waals surface area contributed by atoms with Gasteiger partial charge in [-0.15, -0.1) is 0 Å². The van der Waals surface area contributed by atoms with Crippen LogP contribution in [0.4, 0.5) is 16.2 Å². The van der Waals surface area contributed by atoms with Gasteiger partial charge in [-0.25, -0.2) is 19.4 Å². The van der Waals surface area contributed by atoms with Crippen molar-refractivity contribution in [3.05, 3.63) is 118 Å². The Morgan fingerprint density at radius 2 is 1.37 bits per heavy atom. The summed E-state index contributed by atoms with van der Waals surface area (Å²) >= 11 is 0. The van der Waals surface area contributed by atoms with Gasteiger partial charge < -0.3 is 9.30 Å². The van der Waals surface area contributed by atoms with Gasteiger partial charge in [-0.2, -0.15) is 0 Å². The number of anilines is 2. The van der Waals surface area contributed by atoms with E-state index in [1.54, 1.807) is 66.7 Å². The molecule has 0 unspecified atom stereocenters. The smallest absolute Gasteiger partial charge is 0.343 e. The number of benzene rings is 3. The Hall–Kier alpha value is -5.24. The monoisotopic (exact) mass is 547 g/mol. The third-order valence-corrected chi connectivity index (χ3v) is 7.20. The van der Waals surface area contributed by atoms with Crippen LogP contribution in [-0.4, -0.2) is 35.5 Å². The number of esters is 1. The number of barbiturate groups is 1. The zero-order valence-electron chi connectivity index (χ0n) is 23.5. The number of rotatable bonds is 5. The van der Waals surface area contributed by atoms with Crippen molar-refractivity contribution in [2.75, 3.05) is 16.9 Å². The Morgan fingerprint density at radius 3 is 1.98 bits per heavy atom. The molecule has 4 amide bonds. The van der Waals surface area contributed by atoms with Gasteiger partial charge in [0.15, 0.2) is 0 Å². The van der Waals surface area contributed by atoms with Crippen LogP contribution in [0.2, 0.25) is 0 Å². The molecule has 1 aliphatic rings. The quantitative estimate of drug-likeness (QED) is 0.172. The van der Waals surface area contributed by atoms with Crippen molar-refractivity contribution >= 4 is 41.3 Å². The molecule has 3 aromatic carbocycles. The maximum absolute atomic E-state index is 13.8. The molecule has 0 atom stereocenters. The second-order valence-corrected chi connectivity index (χ2v) is 9.95. The highest BCUT2D eigenvalue weighted by atomic mass is 16.5. The van der Waals surface area contributed by atoms with E-state index in [4.69, 9.17) is 4.74 Å². The number of ether oxygens (including phenoxy) is 1. The Morgan fingerprint density at radius 1 is 0.756 bits per heavy atom. The van der Waals surface area contributed by atoms with E-state index in [1.807, 2.05) is 44.4 Å².